The molecule has 0 aliphatic rings. The molecule has 0 spiro atoms. The highest BCUT2D eigenvalue weighted by Gasteiger charge is 2.42. The van der Waals surface area contributed by atoms with Crippen molar-refractivity contribution < 1.29 is 5.11 Å². The molecule has 2 unspecified atom stereocenters. The maximum atomic E-state index is 10.2. The lowest BCUT2D eigenvalue weighted by Crippen LogP contribution is -2.55. The van der Waals surface area contributed by atoms with Crippen LogP contribution in [0.25, 0.3) is 0 Å². The molecule has 2 nitrogen and oxygen atoms in total. The highest BCUT2D eigenvalue weighted by atomic mass is 16.3. The van der Waals surface area contributed by atoms with Gasteiger partial charge in [0.25, 0.3) is 0 Å². The summed E-state index contributed by atoms with van der Waals surface area (Å²) in [7, 11) is 0. The van der Waals surface area contributed by atoms with Crippen LogP contribution in [0.4, 0.5) is 0 Å². The molecule has 16 heavy (non-hydrogen) atoms. The zero-order valence-corrected chi connectivity index (χ0v) is 11.8. The van der Waals surface area contributed by atoms with E-state index >= 15 is 0 Å². The van der Waals surface area contributed by atoms with Crippen LogP contribution in [0.15, 0.2) is 0 Å². The van der Waals surface area contributed by atoms with E-state index in [9.17, 15) is 5.11 Å². The van der Waals surface area contributed by atoms with Crippen molar-refractivity contribution >= 4 is 0 Å². The van der Waals surface area contributed by atoms with Crippen LogP contribution in [0.5, 0.6) is 0 Å². The molecule has 0 heterocycles. The van der Waals surface area contributed by atoms with Gasteiger partial charge in [0, 0.05) is 11.0 Å². The largest absolute Gasteiger partial charge is 0.393 e. The van der Waals surface area contributed by atoms with E-state index in [-0.39, 0.29) is 17.1 Å². The summed E-state index contributed by atoms with van der Waals surface area (Å²) < 4.78 is 0. The van der Waals surface area contributed by atoms with Crippen molar-refractivity contribution in [2.24, 2.45) is 11.1 Å². The lowest BCUT2D eigenvalue weighted by atomic mass is 9.66. The molecule has 3 N–H and O–H groups in total. The van der Waals surface area contributed by atoms with Crippen LogP contribution >= 0.6 is 0 Å². The van der Waals surface area contributed by atoms with Crippen molar-refractivity contribution in [3.8, 4) is 0 Å². The Bertz CT molecular complexity index is 186. The highest BCUT2D eigenvalue weighted by Crippen LogP contribution is 2.39. The third-order valence-corrected chi connectivity index (χ3v) is 4.14. The minimum Gasteiger partial charge on any atom is -0.393 e. The number of aliphatic hydroxyl groups is 1. The molecule has 2 atom stereocenters. The van der Waals surface area contributed by atoms with Crippen molar-refractivity contribution in [1.82, 2.24) is 0 Å². The molecule has 0 aromatic rings. The fourth-order valence-electron chi connectivity index (χ4n) is 2.29. The van der Waals surface area contributed by atoms with Crippen LogP contribution in [0.3, 0.4) is 0 Å². The first kappa shape index (κ1) is 15.9. The van der Waals surface area contributed by atoms with Crippen LogP contribution in [0.2, 0.25) is 0 Å². The second-order valence-electron chi connectivity index (χ2n) is 5.87. The fraction of sp³-hybridized carbons (Fsp3) is 1.00. The molecule has 0 amide bonds. The zero-order valence-electron chi connectivity index (χ0n) is 11.8. The molecular formula is C14H31NO. The smallest absolute Gasteiger partial charge is 0.0608 e. The van der Waals surface area contributed by atoms with E-state index in [1.807, 2.05) is 20.8 Å². The summed E-state index contributed by atoms with van der Waals surface area (Å²) in [5.41, 5.74) is 5.75. The van der Waals surface area contributed by atoms with Crippen molar-refractivity contribution in [2.45, 2.75) is 84.8 Å². The first-order chi connectivity index (χ1) is 7.29. The second-order valence-corrected chi connectivity index (χ2v) is 5.87. The van der Waals surface area contributed by atoms with Gasteiger partial charge < -0.3 is 10.8 Å². The van der Waals surface area contributed by atoms with E-state index in [0.717, 1.165) is 12.8 Å². The van der Waals surface area contributed by atoms with Crippen molar-refractivity contribution in [2.75, 3.05) is 0 Å². The standard InChI is InChI=1S/C14H31NO/c1-6-8-9-10-11-14(5,12(16)7-2)13(3,4)15/h12,16H,6-11,15H2,1-5H3. The average molecular weight is 229 g/mol. The van der Waals surface area contributed by atoms with Crippen LogP contribution in [-0.4, -0.2) is 16.7 Å². The minimum absolute atomic E-state index is 0.171. The number of aliphatic hydroxyl groups excluding tert-OH is 1. The van der Waals surface area contributed by atoms with Gasteiger partial charge >= 0.3 is 0 Å². The molecule has 0 saturated heterocycles. The molecular weight excluding hydrogens is 198 g/mol. The molecule has 0 aliphatic carbocycles. The number of nitrogens with two attached hydrogens (primary N) is 1. The first-order valence-corrected chi connectivity index (χ1v) is 6.76. The van der Waals surface area contributed by atoms with Crippen LogP contribution in [0, 0.1) is 5.41 Å². The van der Waals surface area contributed by atoms with Gasteiger partial charge in [0.05, 0.1) is 6.10 Å². The third kappa shape index (κ3) is 4.06. The van der Waals surface area contributed by atoms with Gasteiger partial charge in [-0.05, 0) is 26.7 Å². The Morgan fingerprint density at radius 3 is 2.00 bits per heavy atom. The summed E-state index contributed by atoms with van der Waals surface area (Å²) in [6, 6.07) is 0. The summed E-state index contributed by atoms with van der Waals surface area (Å²) >= 11 is 0. The van der Waals surface area contributed by atoms with Crippen LogP contribution in [0.1, 0.15) is 73.1 Å². The van der Waals surface area contributed by atoms with Gasteiger partial charge in [0.15, 0.2) is 0 Å². The molecule has 0 aliphatic heterocycles. The molecule has 0 aromatic heterocycles. The molecule has 0 bridgehead atoms. The summed E-state index contributed by atoms with van der Waals surface area (Å²) in [5, 5.41) is 10.2. The van der Waals surface area contributed by atoms with Gasteiger partial charge in [0.1, 0.15) is 0 Å². The topological polar surface area (TPSA) is 46.2 Å². The quantitative estimate of drug-likeness (QED) is 0.626. The van der Waals surface area contributed by atoms with E-state index in [1.165, 1.54) is 25.7 Å². The van der Waals surface area contributed by atoms with Crippen molar-refractivity contribution in [3.63, 3.8) is 0 Å². The average Bonchev–Trinajstić information content (AvgIpc) is 2.21. The molecule has 0 rings (SSSR count). The Morgan fingerprint density at radius 1 is 1.06 bits per heavy atom. The van der Waals surface area contributed by atoms with Crippen molar-refractivity contribution in [3.05, 3.63) is 0 Å². The lowest BCUT2D eigenvalue weighted by Gasteiger charge is -2.45. The summed E-state index contributed by atoms with van der Waals surface area (Å²) in [6.07, 6.45) is 6.45. The van der Waals surface area contributed by atoms with Crippen molar-refractivity contribution in [1.29, 1.82) is 0 Å². The SMILES string of the molecule is CCCCCCC(C)(C(O)CC)C(C)(C)N. The van der Waals surface area contributed by atoms with E-state index < -0.39 is 0 Å². The van der Waals surface area contributed by atoms with Crippen LogP contribution in [-0.2, 0) is 0 Å². The lowest BCUT2D eigenvalue weighted by molar-refractivity contribution is -0.0202. The molecule has 2 heteroatoms. The first-order valence-electron chi connectivity index (χ1n) is 6.76. The van der Waals surface area contributed by atoms with Crippen LogP contribution < -0.4 is 5.73 Å². The van der Waals surface area contributed by atoms with Gasteiger partial charge in [-0.15, -0.1) is 0 Å². The monoisotopic (exact) mass is 229 g/mol. The molecule has 0 radical (unpaired) electrons. The number of rotatable bonds is 8. The molecule has 98 valence electrons. The van der Waals surface area contributed by atoms with E-state index in [0.29, 0.717) is 0 Å². The molecule has 0 aromatic carbocycles. The Kier molecular flexibility index (Phi) is 6.57. The number of unbranched alkanes of at least 4 members (excludes halogenated alkanes) is 3. The Labute approximate surface area is 102 Å². The number of hydrogen-bond acceptors (Lipinski definition) is 2. The van der Waals surface area contributed by atoms with Gasteiger partial charge in [-0.1, -0.05) is 46.5 Å². The summed E-state index contributed by atoms with van der Waals surface area (Å²) in [4.78, 5) is 0. The van der Waals surface area contributed by atoms with E-state index in [4.69, 9.17) is 5.73 Å². The van der Waals surface area contributed by atoms with Gasteiger partial charge in [-0.3, -0.25) is 0 Å². The maximum absolute atomic E-state index is 10.2. The predicted molar refractivity (Wildman–Crippen MR) is 71.4 cm³/mol. The molecule has 0 fully saturated rings. The summed E-state index contributed by atoms with van der Waals surface area (Å²) in [6.45, 7) is 10.4. The Hall–Kier alpha value is -0.0800. The second kappa shape index (κ2) is 6.61. The van der Waals surface area contributed by atoms with Gasteiger partial charge in [0.2, 0.25) is 0 Å². The normalized spacial score (nSPS) is 18.2. The summed E-state index contributed by atoms with van der Waals surface area (Å²) in [5.74, 6) is 0. The Balaban J connectivity index is 4.44. The third-order valence-electron chi connectivity index (χ3n) is 4.14. The van der Waals surface area contributed by atoms with E-state index in [1.54, 1.807) is 0 Å². The fourth-order valence-corrected chi connectivity index (χ4v) is 2.29. The highest BCUT2D eigenvalue weighted by molar-refractivity contribution is 4.97. The Morgan fingerprint density at radius 2 is 1.62 bits per heavy atom. The minimum atomic E-state index is -0.325. The maximum Gasteiger partial charge on any atom is 0.0608 e. The van der Waals surface area contributed by atoms with E-state index in [2.05, 4.69) is 13.8 Å². The zero-order chi connectivity index (χ0) is 12.8. The predicted octanol–water partition coefficient (Wildman–Crippen LogP) is 3.47. The number of hydrogen-bond donors (Lipinski definition) is 2. The van der Waals surface area contributed by atoms with Gasteiger partial charge in [-0.25, -0.2) is 0 Å². The molecule has 0 saturated carbocycles. The van der Waals surface area contributed by atoms with Gasteiger partial charge in [-0.2, -0.15) is 0 Å².